The molecule has 3 nitrogen and oxygen atoms in total. The van der Waals surface area contributed by atoms with Crippen molar-refractivity contribution in [2.45, 2.75) is 44.0 Å². The smallest absolute Gasteiger partial charge is 0.152 e. The van der Waals surface area contributed by atoms with E-state index in [1.165, 1.54) is 32.1 Å². The Morgan fingerprint density at radius 3 is 2.84 bits per heavy atom. The van der Waals surface area contributed by atoms with Crippen molar-refractivity contribution in [1.82, 2.24) is 9.38 Å². The highest BCUT2D eigenvalue weighted by atomic mass is 35.5. The van der Waals surface area contributed by atoms with E-state index in [4.69, 9.17) is 16.6 Å². The second-order valence-electron chi connectivity index (χ2n) is 5.35. The highest BCUT2D eigenvalue weighted by Gasteiger charge is 2.23. The van der Waals surface area contributed by atoms with Crippen LogP contribution in [-0.2, 0) is 5.88 Å². The van der Waals surface area contributed by atoms with Gasteiger partial charge in [-0.1, -0.05) is 25.3 Å². The lowest BCUT2D eigenvalue weighted by atomic mass is 9.94. The van der Waals surface area contributed by atoms with Crippen LogP contribution in [0.4, 0.5) is 5.82 Å². The zero-order valence-corrected chi connectivity index (χ0v) is 12.1. The van der Waals surface area contributed by atoms with Crippen molar-refractivity contribution in [2.24, 2.45) is 0 Å². The Bertz CT molecular complexity index is 558. The van der Waals surface area contributed by atoms with Crippen LogP contribution in [0.25, 0.3) is 5.65 Å². The third-order valence-electron chi connectivity index (χ3n) is 4.19. The van der Waals surface area contributed by atoms with Crippen molar-refractivity contribution >= 4 is 23.1 Å². The van der Waals surface area contributed by atoms with Gasteiger partial charge in [0.2, 0.25) is 0 Å². The number of rotatable bonds is 3. The van der Waals surface area contributed by atoms with Crippen LogP contribution >= 0.6 is 11.6 Å². The predicted molar refractivity (Wildman–Crippen MR) is 80.0 cm³/mol. The Morgan fingerprint density at radius 2 is 2.11 bits per heavy atom. The number of alkyl halides is 1. The first-order valence-electron chi connectivity index (χ1n) is 7.06. The molecule has 0 unspecified atom stereocenters. The number of fused-ring (bicyclic) bond motifs is 1. The molecule has 1 aliphatic rings. The van der Waals surface area contributed by atoms with Gasteiger partial charge in [0.25, 0.3) is 0 Å². The number of imidazole rings is 1. The van der Waals surface area contributed by atoms with Gasteiger partial charge in [0, 0.05) is 19.3 Å². The van der Waals surface area contributed by atoms with E-state index >= 15 is 0 Å². The predicted octanol–water partition coefficient (Wildman–Crippen LogP) is 3.84. The fourth-order valence-electron chi connectivity index (χ4n) is 3.08. The molecule has 2 aromatic rings. The highest BCUT2D eigenvalue weighted by molar-refractivity contribution is 6.17. The highest BCUT2D eigenvalue weighted by Crippen LogP contribution is 2.29. The summed E-state index contributed by atoms with van der Waals surface area (Å²) in [6.07, 6.45) is 8.62. The number of pyridine rings is 1. The maximum absolute atomic E-state index is 6.15. The Morgan fingerprint density at radius 1 is 1.32 bits per heavy atom. The van der Waals surface area contributed by atoms with E-state index in [1.807, 2.05) is 24.4 Å². The van der Waals surface area contributed by atoms with Crippen LogP contribution in [0.2, 0.25) is 0 Å². The van der Waals surface area contributed by atoms with Crippen molar-refractivity contribution in [3.63, 3.8) is 0 Å². The summed E-state index contributed by atoms with van der Waals surface area (Å²) >= 11 is 6.15. The van der Waals surface area contributed by atoms with E-state index in [0.717, 1.165) is 17.2 Å². The zero-order chi connectivity index (χ0) is 13.2. The Kier molecular flexibility index (Phi) is 3.65. The van der Waals surface area contributed by atoms with Gasteiger partial charge >= 0.3 is 0 Å². The molecule has 0 aliphatic heterocycles. The van der Waals surface area contributed by atoms with Gasteiger partial charge in [-0.05, 0) is 25.0 Å². The first-order chi connectivity index (χ1) is 9.31. The first-order valence-corrected chi connectivity index (χ1v) is 7.59. The second kappa shape index (κ2) is 5.41. The van der Waals surface area contributed by atoms with Crippen molar-refractivity contribution < 1.29 is 0 Å². The maximum atomic E-state index is 6.15. The van der Waals surface area contributed by atoms with Gasteiger partial charge in [0.1, 0.15) is 5.65 Å². The summed E-state index contributed by atoms with van der Waals surface area (Å²) in [4.78, 5) is 7.10. The van der Waals surface area contributed by atoms with Crippen molar-refractivity contribution in [3.05, 3.63) is 30.1 Å². The molecule has 0 spiro atoms. The molecule has 0 atom stereocenters. The van der Waals surface area contributed by atoms with Gasteiger partial charge in [0.15, 0.2) is 5.82 Å². The summed E-state index contributed by atoms with van der Waals surface area (Å²) in [6.45, 7) is 0. The summed E-state index contributed by atoms with van der Waals surface area (Å²) in [5.41, 5.74) is 2.08. The number of nitrogens with zero attached hydrogens (tertiary/aromatic N) is 3. The van der Waals surface area contributed by atoms with Crippen molar-refractivity contribution in [3.8, 4) is 0 Å². The Balaban J connectivity index is 1.98. The van der Waals surface area contributed by atoms with E-state index in [2.05, 4.69) is 16.3 Å². The number of anilines is 1. The van der Waals surface area contributed by atoms with Crippen LogP contribution < -0.4 is 4.90 Å². The molecule has 0 amide bonds. The summed E-state index contributed by atoms with van der Waals surface area (Å²) in [5.74, 6) is 1.55. The quantitative estimate of drug-likeness (QED) is 0.795. The van der Waals surface area contributed by atoms with E-state index in [-0.39, 0.29) is 0 Å². The number of aromatic nitrogens is 2. The fourth-order valence-corrected chi connectivity index (χ4v) is 3.33. The number of halogens is 1. The van der Waals surface area contributed by atoms with Gasteiger partial charge in [-0.15, -0.1) is 11.6 Å². The molecule has 0 N–H and O–H groups in total. The Hall–Kier alpha value is -1.22. The molecule has 0 aromatic carbocycles. The fraction of sp³-hybridized carbons (Fsp3) is 0.533. The average Bonchev–Trinajstić information content (AvgIpc) is 2.85. The van der Waals surface area contributed by atoms with E-state index in [9.17, 15) is 0 Å². The van der Waals surface area contributed by atoms with Gasteiger partial charge in [-0.25, -0.2) is 4.98 Å². The minimum absolute atomic E-state index is 0.498. The maximum Gasteiger partial charge on any atom is 0.152 e. The zero-order valence-electron chi connectivity index (χ0n) is 11.3. The average molecular weight is 278 g/mol. The molecule has 2 aromatic heterocycles. The van der Waals surface area contributed by atoms with Crippen LogP contribution in [0.1, 0.15) is 37.8 Å². The van der Waals surface area contributed by atoms with Crippen molar-refractivity contribution in [2.75, 3.05) is 11.9 Å². The molecule has 3 rings (SSSR count). The topological polar surface area (TPSA) is 20.5 Å². The van der Waals surface area contributed by atoms with Gasteiger partial charge in [0.05, 0.1) is 11.6 Å². The lowest BCUT2D eigenvalue weighted by Crippen LogP contribution is -2.34. The normalized spacial score (nSPS) is 16.9. The summed E-state index contributed by atoms with van der Waals surface area (Å²) < 4.78 is 2.10. The third-order valence-corrected chi connectivity index (χ3v) is 4.44. The van der Waals surface area contributed by atoms with Gasteiger partial charge in [-0.3, -0.25) is 0 Å². The third kappa shape index (κ3) is 2.32. The van der Waals surface area contributed by atoms with Crippen LogP contribution in [0.3, 0.4) is 0 Å². The number of hydrogen-bond donors (Lipinski definition) is 0. The minimum atomic E-state index is 0.498. The summed E-state index contributed by atoms with van der Waals surface area (Å²) in [7, 11) is 2.16. The Labute approximate surface area is 119 Å². The van der Waals surface area contributed by atoms with Gasteiger partial charge < -0.3 is 9.30 Å². The number of hydrogen-bond acceptors (Lipinski definition) is 2. The standard InChI is InChI=1S/C15H20ClN3/c1-18(12-7-3-2-4-8-12)15-13(11-16)19-10-6-5-9-14(19)17-15/h5-6,9-10,12H,2-4,7-8,11H2,1H3. The van der Waals surface area contributed by atoms with Crippen LogP contribution in [0.15, 0.2) is 24.4 Å². The monoisotopic (exact) mass is 277 g/mol. The van der Waals surface area contributed by atoms with Crippen molar-refractivity contribution in [1.29, 1.82) is 0 Å². The largest absolute Gasteiger partial charge is 0.355 e. The lowest BCUT2D eigenvalue weighted by Gasteiger charge is -2.31. The molecule has 1 fully saturated rings. The molecule has 0 radical (unpaired) electrons. The van der Waals surface area contributed by atoms with E-state index in [1.54, 1.807) is 0 Å². The molecule has 4 heteroatoms. The van der Waals surface area contributed by atoms with E-state index in [0.29, 0.717) is 11.9 Å². The van der Waals surface area contributed by atoms with Crippen LogP contribution in [0, 0.1) is 0 Å². The SMILES string of the molecule is CN(c1nc2ccccn2c1CCl)C1CCCCC1. The van der Waals surface area contributed by atoms with E-state index < -0.39 is 0 Å². The summed E-state index contributed by atoms with van der Waals surface area (Å²) in [5, 5.41) is 0. The van der Waals surface area contributed by atoms with Gasteiger partial charge in [-0.2, -0.15) is 0 Å². The molecule has 2 heterocycles. The molecule has 0 saturated heterocycles. The molecular formula is C15H20ClN3. The second-order valence-corrected chi connectivity index (χ2v) is 5.61. The van der Waals surface area contributed by atoms with Crippen LogP contribution in [0.5, 0.6) is 0 Å². The lowest BCUT2D eigenvalue weighted by molar-refractivity contribution is 0.426. The molecule has 102 valence electrons. The molecule has 0 bridgehead atoms. The molecular weight excluding hydrogens is 258 g/mol. The minimum Gasteiger partial charge on any atom is -0.355 e. The molecule has 1 saturated carbocycles. The van der Waals surface area contributed by atoms with Crippen LogP contribution in [-0.4, -0.2) is 22.5 Å². The molecule has 1 aliphatic carbocycles. The summed E-state index contributed by atoms with van der Waals surface area (Å²) in [6, 6.07) is 6.69. The molecule has 19 heavy (non-hydrogen) atoms. The first kappa shape index (κ1) is 12.8.